The fourth-order valence-corrected chi connectivity index (χ4v) is 3.02. The van der Waals surface area contributed by atoms with Gasteiger partial charge in [0, 0.05) is 17.3 Å². The normalized spacial score (nSPS) is 12.7. The molecule has 1 aromatic heterocycles. The van der Waals surface area contributed by atoms with Crippen molar-refractivity contribution in [3.63, 3.8) is 0 Å². The summed E-state index contributed by atoms with van der Waals surface area (Å²) < 4.78 is 16.3. The zero-order valence-corrected chi connectivity index (χ0v) is 14.7. The zero-order valence-electron chi connectivity index (χ0n) is 13.9. The zero-order chi connectivity index (χ0) is 18.1. The molecule has 0 saturated carbocycles. The molecule has 1 aliphatic heterocycles. The number of halogens is 1. The van der Waals surface area contributed by atoms with E-state index in [4.69, 9.17) is 25.6 Å². The predicted octanol–water partition coefficient (Wildman–Crippen LogP) is 4.33. The van der Waals surface area contributed by atoms with Gasteiger partial charge in [-0.25, -0.2) is 0 Å². The van der Waals surface area contributed by atoms with Crippen molar-refractivity contribution < 1.29 is 18.8 Å². The van der Waals surface area contributed by atoms with Gasteiger partial charge in [0.1, 0.15) is 30.2 Å². The van der Waals surface area contributed by atoms with Crippen LogP contribution in [0.15, 0.2) is 47.0 Å². The molecule has 0 spiro atoms. The van der Waals surface area contributed by atoms with Crippen LogP contribution >= 0.6 is 11.6 Å². The summed E-state index contributed by atoms with van der Waals surface area (Å²) in [5.41, 5.74) is 1.97. The smallest absolute Gasteiger partial charge is 0.261 e. The molecule has 132 valence electrons. The monoisotopic (exact) mass is 370 g/mol. The summed E-state index contributed by atoms with van der Waals surface area (Å²) in [6.07, 6.45) is 0. The number of hydrogen-bond acceptors (Lipinski definition) is 5. The number of carbonyl (C=O) groups excluding carboxylic acids is 1. The Morgan fingerprint density at radius 2 is 1.88 bits per heavy atom. The van der Waals surface area contributed by atoms with E-state index in [1.54, 1.807) is 37.3 Å². The highest BCUT2D eigenvalue weighted by molar-refractivity contribution is 6.33. The van der Waals surface area contributed by atoms with Gasteiger partial charge < -0.3 is 19.3 Å². The van der Waals surface area contributed by atoms with Crippen molar-refractivity contribution in [2.75, 3.05) is 18.5 Å². The lowest BCUT2D eigenvalue weighted by Gasteiger charge is -2.19. The molecule has 1 N–H and O–H groups in total. The van der Waals surface area contributed by atoms with Crippen molar-refractivity contribution in [1.82, 2.24) is 5.16 Å². The van der Waals surface area contributed by atoms with Crippen molar-refractivity contribution in [2.24, 2.45) is 0 Å². The molecule has 0 bridgehead atoms. The van der Waals surface area contributed by atoms with Gasteiger partial charge in [-0.3, -0.25) is 4.79 Å². The Morgan fingerprint density at radius 3 is 2.69 bits per heavy atom. The Morgan fingerprint density at radius 1 is 1.12 bits per heavy atom. The first kappa shape index (κ1) is 16.5. The molecule has 26 heavy (non-hydrogen) atoms. The number of aromatic nitrogens is 1. The summed E-state index contributed by atoms with van der Waals surface area (Å²) in [4.78, 5) is 12.8. The quantitative estimate of drug-likeness (QED) is 0.743. The van der Waals surface area contributed by atoms with Crippen LogP contribution in [-0.2, 0) is 0 Å². The summed E-state index contributed by atoms with van der Waals surface area (Å²) in [6, 6.07) is 12.4. The largest absolute Gasteiger partial charge is 0.486 e. The number of ether oxygens (including phenoxy) is 2. The van der Waals surface area contributed by atoms with Crippen molar-refractivity contribution >= 4 is 23.2 Å². The molecule has 0 atom stereocenters. The van der Waals surface area contributed by atoms with Gasteiger partial charge in [-0.05, 0) is 25.1 Å². The first-order chi connectivity index (χ1) is 12.6. The lowest BCUT2D eigenvalue weighted by molar-refractivity contribution is 0.102. The number of carbonyl (C=O) groups is 1. The summed E-state index contributed by atoms with van der Waals surface area (Å²) in [6.45, 7) is 2.68. The van der Waals surface area contributed by atoms with Crippen molar-refractivity contribution in [3.8, 4) is 22.8 Å². The van der Waals surface area contributed by atoms with Crippen molar-refractivity contribution in [3.05, 3.63) is 58.8 Å². The third kappa shape index (κ3) is 2.99. The van der Waals surface area contributed by atoms with Gasteiger partial charge in [0.2, 0.25) is 0 Å². The highest BCUT2D eigenvalue weighted by Gasteiger charge is 2.23. The maximum absolute atomic E-state index is 12.8. The van der Waals surface area contributed by atoms with E-state index in [9.17, 15) is 4.79 Å². The molecule has 2 heterocycles. The fourth-order valence-electron chi connectivity index (χ4n) is 2.79. The van der Waals surface area contributed by atoms with Crippen LogP contribution in [-0.4, -0.2) is 24.3 Å². The molecule has 0 saturated heterocycles. The maximum atomic E-state index is 12.8. The first-order valence-electron chi connectivity index (χ1n) is 8.05. The number of amides is 1. The van der Waals surface area contributed by atoms with E-state index in [0.717, 1.165) is 0 Å². The van der Waals surface area contributed by atoms with Gasteiger partial charge in [-0.1, -0.05) is 35.0 Å². The second-order valence-electron chi connectivity index (χ2n) is 5.75. The molecule has 1 amide bonds. The molecule has 0 aliphatic carbocycles. The molecule has 0 unspecified atom stereocenters. The number of aryl methyl sites for hydroxylation is 1. The number of hydrogen-bond donors (Lipinski definition) is 1. The Hall–Kier alpha value is -2.99. The lowest BCUT2D eigenvalue weighted by atomic mass is 10.1. The minimum absolute atomic E-state index is 0.338. The van der Waals surface area contributed by atoms with Gasteiger partial charge in [0.25, 0.3) is 5.91 Å². The molecular weight excluding hydrogens is 356 g/mol. The van der Waals surface area contributed by atoms with Crippen LogP contribution in [0.1, 0.15) is 16.1 Å². The van der Waals surface area contributed by atoms with Crippen LogP contribution < -0.4 is 14.8 Å². The number of nitrogens with zero attached hydrogens (tertiary/aromatic N) is 1. The molecule has 1 aliphatic rings. The van der Waals surface area contributed by atoms with Crippen LogP contribution in [0.3, 0.4) is 0 Å². The van der Waals surface area contributed by atoms with E-state index in [2.05, 4.69) is 10.5 Å². The predicted molar refractivity (Wildman–Crippen MR) is 97.1 cm³/mol. The molecule has 0 fully saturated rings. The van der Waals surface area contributed by atoms with Gasteiger partial charge in [-0.15, -0.1) is 0 Å². The topological polar surface area (TPSA) is 73.6 Å². The summed E-state index contributed by atoms with van der Waals surface area (Å²) in [5.74, 6) is 1.33. The molecule has 2 aromatic carbocycles. The summed E-state index contributed by atoms with van der Waals surface area (Å²) >= 11 is 6.24. The number of rotatable bonds is 3. The number of benzene rings is 2. The van der Waals surface area contributed by atoms with Crippen LogP contribution in [0, 0.1) is 6.92 Å². The average Bonchev–Trinajstić information content (AvgIpc) is 3.03. The van der Waals surface area contributed by atoms with Crippen molar-refractivity contribution in [2.45, 2.75) is 6.92 Å². The third-order valence-corrected chi connectivity index (χ3v) is 4.35. The van der Waals surface area contributed by atoms with Gasteiger partial charge >= 0.3 is 0 Å². The van der Waals surface area contributed by atoms with Crippen LogP contribution in [0.4, 0.5) is 5.69 Å². The second kappa shape index (κ2) is 6.72. The van der Waals surface area contributed by atoms with Gasteiger partial charge in [-0.2, -0.15) is 0 Å². The standard InChI is InChI=1S/C19H15ClN2O4/c1-11-17(18(22-26-11)13-4-2-3-5-14(13)20)19(23)21-12-6-7-15-16(10-12)25-9-8-24-15/h2-7,10H,8-9H2,1H3,(H,21,23). The average molecular weight is 371 g/mol. The minimum Gasteiger partial charge on any atom is -0.486 e. The summed E-state index contributed by atoms with van der Waals surface area (Å²) in [7, 11) is 0. The first-order valence-corrected chi connectivity index (χ1v) is 8.43. The van der Waals surface area contributed by atoms with Crippen molar-refractivity contribution in [1.29, 1.82) is 0 Å². The van der Waals surface area contributed by atoms with Crippen LogP contribution in [0.25, 0.3) is 11.3 Å². The minimum atomic E-state index is -0.338. The second-order valence-corrected chi connectivity index (χ2v) is 6.16. The molecular formula is C19H15ClN2O4. The van der Waals surface area contributed by atoms with Gasteiger partial charge in [0.05, 0.1) is 5.02 Å². The third-order valence-electron chi connectivity index (χ3n) is 4.02. The Bertz CT molecular complexity index is 983. The van der Waals surface area contributed by atoms with E-state index in [1.807, 2.05) is 12.1 Å². The lowest BCUT2D eigenvalue weighted by Crippen LogP contribution is -2.17. The Kier molecular flexibility index (Phi) is 4.26. The maximum Gasteiger partial charge on any atom is 0.261 e. The van der Waals surface area contributed by atoms with E-state index < -0.39 is 0 Å². The molecule has 4 rings (SSSR count). The number of anilines is 1. The van der Waals surface area contributed by atoms with E-state index in [-0.39, 0.29) is 5.91 Å². The fraction of sp³-hybridized carbons (Fsp3) is 0.158. The molecule has 6 nitrogen and oxygen atoms in total. The van der Waals surface area contributed by atoms with Crippen LogP contribution in [0.2, 0.25) is 5.02 Å². The highest BCUT2D eigenvalue weighted by Crippen LogP contribution is 2.34. The molecule has 7 heteroatoms. The molecule has 0 radical (unpaired) electrons. The Labute approximate surface area is 154 Å². The Balaban J connectivity index is 1.65. The van der Waals surface area contributed by atoms with E-state index >= 15 is 0 Å². The number of nitrogens with one attached hydrogen (secondary N) is 1. The number of fused-ring (bicyclic) bond motifs is 1. The highest BCUT2D eigenvalue weighted by atomic mass is 35.5. The van der Waals surface area contributed by atoms with Crippen LogP contribution in [0.5, 0.6) is 11.5 Å². The van der Waals surface area contributed by atoms with Gasteiger partial charge in [0.15, 0.2) is 11.5 Å². The summed E-state index contributed by atoms with van der Waals surface area (Å²) in [5, 5.41) is 7.36. The van der Waals surface area contributed by atoms with E-state index in [0.29, 0.717) is 58.0 Å². The van der Waals surface area contributed by atoms with E-state index in [1.165, 1.54) is 0 Å². The molecule has 3 aromatic rings. The SMILES string of the molecule is Cc1onc(-c2ccccc2Cl)c1C(=O)Nc1ccc2c(c1)OCCO2.